The van der Waals surface area contributed by atoms with Crippen molar-refractivity contribution in [2.45, 2.75) is 13.5 Å². The zero-order chi connectivity index (χ0) is 10.7. The van der Waals surface area contributed by atoms with Gasteiger partial charge >= 0.3 is 0 Å². The van der Waals surface area contributed by atoms with E-state index in [0.29, 0.717) is 6.61 Å². The fourth-order valence-corrected chi connectivity index (χ4v) is 1.61. The number of ether oxygens (including phenoxy) is 1. The highest BCUT2D eigenvalue weighted by Crippen LogP contribution is 2.23. The van der Waals surface area contributed by atoms with E-state index in [1.54, 1.807) is 12.5 Å². The van der Waals surface area contributed by atoms with E-state index in [9.17, 15) is 0 Å². The fraction of sp³-hybridized carbons (Fsp3) is 0.167. The Kier molecular flexibility index (Phi) is 3.11. The van der Waals surface area contributed by atoms with Gasteiger partial charge in [0.05, 0.1) is 12.5 Å². The highest BCUT2D eigenvalue weighted by atomic mass is 79.9. The van der Waals surface area contributed by atoms with Crippen LogP contribution in [0.4, 0.5) is 0 Å². The molecule has 1 aromatic heterocycles. The first kappa shape index (κ1) is 10.3. The molecule has 0 atom stereocenters. The molecule has 1 aromatic carbocycles. The summed E-state index contributed by atoms with van der Waals surface area (Å²) < 4.78 is 11.7. The third-order valence-corrected chi connectivity index (χ3v) is 2.62. The summed E-state index contributed by atoms with van der Waals surface area (Å²) in [4.78, 5) is 0. The molecule has 0 radical (unpaired) electrons. The zero-order valence-electron chi connectivity index (χ0n) is 8.37. The van der Waals surface area contributed by atoms with Gasteiger partial charge in [-0.1, -0.05) is 22.0 Å². The van der Waals surface area contributed by atoms with Crippen molar-refractivity contribution in [2.24, 2.45) is 0 Å². The van der Waals surface area contributed by atoms with Crippen molar-refractivity contribution < 1.29 is 9.15 Å². The topological polar surface area (TPSA) is 22.4 Å². The summed E-state index contributed by atoms with van der Waals surface area (Å²) >= 11 is 3.42. The van der Waals surface area contributed by atoms with Crippen molar-refractivity contribution in [1.82, 2.24) is 0 Å². The average molecular weight is 267 g/mol. The molecule has 0 aliphatic carbocycles. The minimum absolute atomic E-state index is 0.536. The van der Waals surface area contributed by atoms with Gasteiger partial charge in [-0.25, -0.2) is 0 Å². The van der Waals surface area contributed by atoms with E-state index in [1.807, 2.05) is 31.2 Å². The summed E-state index contributed by atoms with van der Waals surface area (Å²) in [5.74, 6) is 0.894. The predicted molar refractivity (Wildman–Crippen MR) is 61.9 cm³/mol. The Morgan fingerprint density at radius 2 is 2.20 bits per heavy atom. The highest BCUT2D eigenvalue weighted by molar-refractivity contribution is 9.10. The maximum atomic E-state index is 5.67. The minimum Gasteiger partial charge on any atom is -0.488 e. The molecule has 0 saturated heterocycles. The van der Waals surface area contributed by atoms with Gasteiger partial charge in [0.15, 0.2) is 0 Å². The van der Waals surface area contributed by atoms with Crippen LogP contribution in [0.3, 0.4) is 0 Å². The second-order valence-corrected chi connectivity index (χ2v) is 4.25. The maximum Gasteiger partial charge on any atom is 0.123 e. The summed E-state index contributed by atoms with van der Waals surface area (Å²) in [6.07, 6.45) is 3.33. The summed E-state index contributed by atoms with van der Waals surface area (Å²) in [5, 5.41) is 0. The number of hydrogen-bond acceptors (Lipinski definition) is 2. The molecule has 15 heavy (non-hydrogen) atoms. The molecule has 0 aliphatic rings. The SMILES string of the molecule is Cc1ccc(Br)cc1OCc1ccoc1. The lowest BCUT2D eigenvalue weighted by molar-refractivity contribution is 0.302. The molecule has 0 fully saturated rings. The summed E-state index contributed by atoms with van der Waals surface area (Å²) in [6.45, 7) is 2.56. The molecule has 0 amide bonds. The second kappa shape index (κ2) is 4.53. The molecule has 2 nitrogen and oxygen atoms in total. The lowest BCUT2D eigenvalue weighted by atomic mass is 10.2. The molecule has 78 valence electrons. The molecule has 0 bridgehead atoms. The molecular formula is C12H11BrO2. The van der Waals surface area contributed by atoms with Crippen molar-refractivity contribution in [2.75, 3.05) is 0 Å². The van der Waals surface area contributed by atoms with Gasteiger partial charge in [-0.3, -0.25) is 0 Å². The molecule has 2 rings (SSSR count). The largest absolute Gasteiger partial charge is 0.488 e. The van der Waals surface area contributed by atoms with Crippen LogP contribution in [0.25, 0.3) is 0 Å². The Labute approximate surface area is 97.0 Å². The predicted octanol–water partition coefficient (Wildman–Crippen LogP) is 3.93. The van der Waals surface area contributed by atoms with Crippen molar-refractivity contribution in [3.63, 3.8) is 0 Å². The molecule has 2 aromatic rings. The van der Waals surface area contributed by atoms with Crippen molar-refractivity contribution in [1.29, 1.82) is 0 Å². The van der Waals surface area contributed by atoms with Gasteiger partial charge < -0.3 is 9.15 Å². The number of rotatable bonds is 3. The van der Waals surface area contributed by atoms with Crippen LogP contribution < -0.4 is 4.74 Å². The number of benzene rings is 1. The number of hydrogen-bond donors (Lipinski definition) is 0. The number of halogens is 1. The Morgan fingerprint density at radius 1 is 1.33 bits per heavy atom. The van der Waals surface area contributed by atoms with Gasteiger partial charge in [-0.05, 0) is 30.7 Å². The summed E-state index contributed by atoms with van der Waals surface area (Å²) in [6, 6.07) is 7.89. The third kappa shape index (κ3) is 2.63. The first-order valence-corrected chi connectivity index (χ1v) is 5.45. The lowest BCUT2D eigenvalue weighted by Crippen LogP contribution is -1.95. The van der Waals surface area contributed by atoms with Crippen LogP contribution in [-0.2, 0) is 6.61 Å². The van der Waals surface area contributed by atoms with Crippen molar-refractivity contribution >= 4 is 15.9 Å². The van der Waals surface area contributed by atoms with Gasteiger partial charge in [0.2, 0.25) is 0 Å². The molecule has 1 heterocycles. The van der Waals surface area contributed by atoms with Crippen LogP contribution in [0.1, 0.15) is 11.1 Å². The van der Waals surface area contributed by atoms with Crippen LogP contribution in [0.15, 0.2) is 45.7 Å². The van der Waals surface area contributed by atoms with E-state index in [4.69, 9.17) is 9.15 Å². The fourth-order valence-electron chi connectivity index (χ4n) is 1.27. The van der Waals surface area contributed by atoms with Crippen molar-refractivity contribution in [3.8, 4) is 5.75 Å². The van der Waals surface area contributed by atoms with Gasteiger partial charge in [-0.15, -0.1) is 0 Å². The second-order valence-electron chi connectivity index (χ2n) is 3.33. The van der Waals surface area contributed by atoms with Gasteiger partial charge in [-0.2, -0.15) is 0 Å². The Balaban J connectivity index is 2.07. The quantitative estimate of drug-likeness (QED) is 0.840. The van der Waals surface area contributed by atoms with E-state index in [-0.39, 0.29) is 0 Å². The first-order chi connectivity index (χ1) is 7.25. The maximum absolute atomic E-state index is 5.67. The molecule has 0 spiro atoms. The number of aryl methyl sites for hydroxylation is 1. The number of furan rings is 1. The van der Waals surface area contributed by atoms with Crippen LogP contribution >= 0.6 is 15.9 Å². The summed E-state index contributed by atoms with van der Waals surface area (Å²) in [7, 11) is 0. The summed E-state index contributed by atoms with van der Waals surface area (Å²) in [5.41, 5.74) is 2.16. The minimum atomic E-state index is 0.536. The van der Waals surface area contributed by atoms with Crippen LogP contribution in [0.5, 0.6) is 5.75 Å². The van der Waals surface area contributed by atoms with E-state index in [2.05, 4.69) is 15.9 Å². The Morgan fingerprint density at radius 3 is 2.93 bits per heavy atom. The Hall–Kier alpha value is -1.22. The molecule has 0 aliphatic heterocycles. The molecule has 0 unspecified atom stereocenters. The standard InChI is InChI=1S/C12H11BrO2/c1-9-2-3-11(13)6-12(9)15-8-10-4-5-14-7-10/h2-7H,8H2,1H3. The first-order valence-electron chi connectivity index (χ1n) is 4.66. The molecule has 0 N–H and O–H groups in total. The van der Waals surface area contributed by atoms with Crippen LogP contribution in [-0.4, -0.2) is 0 Å². The normalized spacial score (nSPS) is 10.3. The molecular weight excluding hydrogens is 256 g/mol. The highest BCUT2D eigenvalue weighted by Gasteiger charge is 2.01. The Bertz CT molecular complexity index is 435. The van der Waals surface area contributed by atoms with Crippen LogP contribution in [0, 0.1) is 6.92 Å². The van der Waals surface area contributed by atoms with Gasteiger partial charge in [0, 0.05) is 10.0 Å². The van der Waals surface area contributed by atoms with Gasteiger partial charge in [0.1, 0.15) is 12.4 Å². The van der Waals surface area contributed by atoms with E-state index in [0.717, 1.165) is 21.3 Å². The van der Waals surface area contributed by atoms with Crippen LogP contribution in [0.2, 0.25) is 0 Å². The van der Waals surface area contributed by atoms with E-state index >= 15 is 0 Å². The average Bonchev–Trinajstić information content (AvgIpc) is 2.72. The smallest absolute Gasteiger partial charge is 0.123 e. The van der Waals surface area contributed by atoms with E-state index < -0.39 is 0 Å². The molecule has 0 saturated carbocycles. The lowest BCUT2D eigenvalue weighted by Gasteiger charge is -2.08. The van der Waals surface area contributed by atoms with Gasteiger partial charge in [0.25, 0.3) is 0 Å². The van der Waals surface area contributed by atoms with Crippen molar-refractivity contribution in [3.05, 3.63) is 52.4 Å². The van der Waals surface area contributed by atoms with E-state index in [1.165, 1.54) is 0 Å². The molecule has 3 heteroatoms. The zero-order valence-corrected chi connectivity index (χ0v) is 9.95. The monoisotopic (exact) mass is 266 g/mol. The third-order valence-electron chi connectivity index (χ3n) is 2.12.